The summed E-state index contributed by atoms with van der Waals surface area (Å²) in [6.45, 7) is 2.62. The fourth-order valence-electron chi connectivity index (χ4n) is 3.61. The zero-order chi connectivity index (χ0) is 19.1. The van der Waals surface area contributed by atoms with Crippen molar-refractivity contribution in [2.75, 3.05) is 11.9 Å². The average Bonchev–Trinajstić information content (AvgIpc) is 3.01. The van der Waals surface area contributed by atoms with Crippen LogP contribution in [-0.2, 0) is 16.1 Å². The van der Waals surface area contributed by atoms with Crippen LogP contribution in [0.1, 0.15) is 36.8 Å². The van der Waals surface area contributed by atoms with Crippen LogP contribution in [0.15, 0.2) is 49.6 Å². The van der Waals surface area contributed by atoms with E-state index in [9.17, 15) is 14.4 Å². The Bertz CT molecular complexity index is 1070. The van der Waals surface area contributed by atoms with E-state index in [1.165, 1.54) is 0 Å². The number of carbonyl (C=O) groups excluding carboxylic acids is 1. The molecule has 0 saturated heterocycles. The Morgan fingerprint density at radius 3 is 2.67 bits per heavy atom. The minimum atomic E-state index is -0.587. The van der Waals surface area contributed by atoms with E-state index in [0.29, 0.717) is 29.2 Å². The SMILES string of the molecule is CCCCn1c2c(c(=O)[nH]c1=O)[C@@H](c1ccc(Br)cc1)C1=C(COC1=O)N2. The van der Waals surface area contributed by atoms with Crippen LogP contribution in [0.4, 0.5) is 5.82 Å². The molecule has 2 aliphatic heterocycles. The largest absolute Gasteiger partial charge is 0.456 e. The van der Waals surface area contributed by atoms with Crippen LogP contribution in [0, 0.1) is 0 Å². The number of benzene rings is 1. The quantitative estimate of drug-likeness (QED) is 0.725. The summed E-state index contributed by atoms with van der Waals surface area (Å²) >= 11 is 3.40. The second-order valence-corrected chi connectivity index (χ2v) is 7.52. The fourth-order valence-corrected chi connectivity index (χ4v) is 3.87. The number of aromatic amines is 1. The highest BCUT2D eigenvalue weighted by Crippen LogP contribution is 2.42. The first-order chi connectivity index (χ1) is 13.0. The molecule has 0 fully saturated rings. The predicted molar refractivity (Wildman–Crippen MR) is 104 cm³/mol. The lowest BCUT2D eigenvalue weighted by atomic mass is 9.83. The molecule has 1 aromatic heterocycles. The number of hydrogen-bond donors (Lipinski definition) is 2. The van der Waals surface area contributed by atoms with Crippen molar-refractivity contribution in [1.82, 2.24) is 9.55 Å². The molecule has 0 amide bonds. The molecule has 0 bridgehead atoms. The van der Waals surface area contributed by atoms with Gasteiger partial charge in [0.15, 0.2) is 0 Å². The van der Waals surface area contributed by atoms with Crippen molar-refractivity contribution < 1.29 is 9.53 Å². The van der Waals surface area contributed by atoms with Crippen LogP contribution in [-0.4, -0.2) is 22.1 Å². The second-order valence-electron chi connectivity index (χ2n) is 6.60. The maximum absolute atomic E-state index is 12.8. The number of unbranched alkanes of at least 4 members (excludes halogenated alkanes) is 1. The number of esters is 1. The smallest absolute Gasteiger partial charge is 0.337 e. The Morgan fingerprint density at radius 2 is 1.96 bits per heavy atom. The van der Waals surface area contributed by atoms with E-state index >= 15 is 0 Å². The summed E-state index contributed by atoms with van der Waals surface area (Å²) in [5, 5.41) is 3.13. The third-order valence-corrected chi connectivity index (χ3v) is 5.44. The maximum Gasteiger partial charge on any atom is 0.337 e. The third-order valence-electron chi connectivity index (χ3n) is 4.91. The van der Waals surface area contributed by atoms with E-state index in [-0.39, 0.29) is 6.61 Å². The number of aromatic nitrogens is 2. The molecule has 1 atom stereocenters. The Hall–Kier alpha value is -2.61. The first-order valence-corrected chi connectivity index (χ1v) is 9.60. The van der Waals surface area contributed by atoms with Gasteiger partial charge in [-0.1, -0.05) is 41.4 Å². The number of ether oxygens (including phenoxy) is 1. The molecule has 4 rings (SSSR count). The van der Waals surface area contributed by atoms with Gasteiger partial charge in [0.1, 0.15) is 12.4 Å². The molecule has 2 aromatic rings. The van der Waals surface area contributed by atoms with E-state index in [4.69, 9.17) is 4.74 Å². The highest BCUT2D eigenvalue weighted by molar-refractivity contribution is 9.10. The molecule has 0 spiro atoms. The van der Waals surface area contributed by atoms with Crippen LogP contribution < -0.4 is 16.6 Å². The molecule has 27 heavy (non-hydrogen) atoms. The molecule has 0 aliphatic carbocycles. The second kappa shape index (κ2) is 6.84. The van der Waals surface area contributed by atoms with Crippen molar-refractivity contribution in [2.24, 2.45) is 0 Å². The zero-order valence-electron chi connectivity index (χ0n) is 14.7. The highest BCUT2D eigenvalue weighted by atomic mass is 79.9. The van der Waals surface area contributed by atoms with Crippen molar-refractivity contribution in [1.29, 1.82) is 0 Å². The van der Waals surface area contributed by atoms with Gasteiger partial charge in [0.2, 0.25) is 0 Å². The normalized spacial score (nSPS) is 18.0. The Kier molecular flexibility index (Phi) is 4.51. The molecule has 0 saturated carbocycles. The molecule has 1 aromatic carbocycles. The van der Waals surface area contributed by atoms with Crippen molar-refractivity contribution in [3.63, 3.8) is 0 Å². The van der Waals surface area contributed by atoms with Gasteiger partial charge in [-0.25, -0.2) is 9.59 Å². The van der Waals surface area contributed by atoms with Gasteiger partial charge in [-0.05, 0) is 24.1 Å². The lowest BCUT2D eigenvalue weighted by molar-refractivity contribution is -0.136. The van der Waals surface area contributed by atoms with Gasteiger partial charge in [-0.15, -0.1) is 0 Å². The van der Waals surface area contributed by atoms with Gasteiger partial charge in [0.05, 0.1) is 22.8 Å². The summed E-state index contributed by atoms with van der Waals surface area (Å²) in [5.41, 5.74) is 1.24. The predicted octanol–water partition coefficient (Wildman–Crippen LogP) is 2.47. The number of hydrogen-bond acceptors (Lipinski definition) is 5. The van der Waals surface area contributed by atoms with Crippen LogP contribution in [0.5, 0.6) is 0 Å². The zero-order valence-corrected chi connectivity index (χ0v) is 16.3. The van der Waals surface area contributed by atoms with Crippen LogP contribution in [0.3, 0.4) is 0 Å². The molecule has 3 heterocycles. The molecular weight excluding hydrogens is 414 g/mol. The Labute approximate surface area is 163 Å². The van der Waals surface area contributed by atoms with E-state index in [1.54, 1.807) is 4.57 Å². The van der Waals surface area contributed by atoms with E-state index in [0.717, 1.165) is 22.9 Å². The number of halogens is 1. The summed E-state index contributed by atoms with van der Waals surface area (Å²) in [5.74, 6) is -0.583. The van der Waals surface area contributed by atoms with Crippen LogP contribution >= 0.6 is 15.9 Å². The van der Waals surface area contributed by atoms with Crippen molar-refractivity contribution in [2.45, 2.75) is 32.2 Å². The third kappa shape index (κ3) is 2.93. The number of H-pyrrole nitrogens is 1. The first-order valence-electron chi connectivity index (χ1n) is 8.81. The summed E-state index contributed by atoms with van der Waals surface area (Å²) in [6.07, 6.45) is 1.70. The molecule has 2 N–H and O–H groups in total. The standard InChI is InChI=1S/C19H18BrN3O4/c1-2-3-8-23-16-15(17(24)22-19(23)26)13(10-4-6-11(20)7-5-10)14-12(21-16)9-27-18(14)25/h4-7,13,21H,2-3,8-9H2,1H3,(H,22,24,26)/t13-/m0/s1. The minimum Gasteiger partial charge on any atom is -0.456 e. The van der Waals surface area contributed by atoms with Crippen molar-refractivity contribution in [3.05, 3.63) is 72.0 Å². The summed E-state index contributed by atoms with van der Waals surface area (Å²) in [6, 6.07) is 7.44. The summed E-state index contributed by atoms with van der Waals surface area (Å²) in [7, 11) is 0. The van der Waals surface area contributed by atoms with Gasteiger partial charge in [0, 0.05) is 11.0 Å². The molecule has 140 valence electrons. The highest BCUT2D eigenvalue weighted by Gasteiger charge is 2.41. The lowest BCUT2D eigenvalue weighted by Crippen LogP contribution is -2.38. The maximum atomic E-state index is 12.8. The van der Waals surface area contributed by atoms with Crippen LogP contribution in [0.25, 0.3) is 0 Å². The monoisotopic (exact) mass is 431 g/mol. The number of rotatable bonds is 4. The number of cyclic esters (lactones) is 1. The van der Waals surface area contributed by atoms with Gasteiger partial charge in [-0.2, -0.15) is 0 Å². The molecule has 0 radical (unpaired) electrons. The number of nitrogens with zero attached hydrogens (tertiary/aromatic N) is 1. The van der Waals surface area contributed by atoms with Gasteiger partial charge < -0.3 is 10.1 Å². The van der Waals surface area contributed by atoms with E-state index in [2.05, 4.69) is 26.2 Å². The number of fused-ring (bicyclic) bond motifs is 1. The van der Waals surface area contributed by atoms with Gasteiger partial charge >= 0.3 is 11.7 Å². The van der Waals surface area contributed by atoms with E-state index in [1.807, 2.05) is 31.2 Å². The molecule has 2 aliphatic rings. The number of anilines is 1. The summed E-state index contributed by atoms with van der Waals surface area (Å²) < 4.78 is 7.65. The topological polar surface area (TPSA) is 93.2 Å². The Morgan fingerprint density at radius 1 is 1.22 bits per heavy atom. The van der Waals surface area contributed by atoms with Gasteiger partial charge in [-0.3, -0.25) is 14.3 Å². The molecule has 7 nitrogen and oxygen atoms in total. The van der Waals surface area contributed by atoms with E-state index < -0.39 is 23.1 Å². The Balaban J connectivity index is 1.98. The van der Waals surface area contributed by atoms with Crippen molar-refractivity contribution >= 4 is 27.7 Å². The minimum absolute atomic E-state index is 0.107. The number of nitrogens with one attached hydrogen (secondary N) is 2. The van der Waals surface area contributed by atoms with Crippen LogP contribution in [0.2, 0.25) is 0 Å². The van der Waals surface area contributed by atoms with Crippen molar-refractivity contribution in [3.8, 4) is 0 Å². The fraction of sp³-hybridized carbons (Fsp3) is 0.316. The lowest BCUT2D eigenvalue weighted by Gasteiger charge is -2.28. The molecule has 8 heteroatoms. The molecule has 0 unspecified atom stereocenters. The molecular formula is C19H18BrN3O4. The van der Waals surface area contributed by atoms with Gasteiger partial charge in [0.25, 0.3) is 5.56 Å². The summed E-state index contributed by atoms with van der Waals surface area (Å²) in [4.78, 5) is 40.0. The average molecular weight is 432 g/mol. The first kappa shape index (κ1) is 17.8. The number of carbonyl (C=O) groups is 1.